The third-order valence-corrected chi connectivity index (χ3v) is 5.03. The lowest BCUT2D eigenvalue weighted by Gasteiger charge is -2.30. The Kier molecular flexibility index (Phi) is 5.44. The fourth-order valence-corrected chi connectivity index (χ4v) is 3.64. The third-order valence-electron chi connectivity index (χ3n) is 4.14. The first-order chi connectivity index (χ1) is 11.5. The van der Waals surface area contributed by atoms with Crippen molar-refractivity contribution in [1.82, 2.24) is 19.1 Å². The van der Waals surface area contributed by atoms with Gasteiger partial charge in [0.15, 0.2) is 5.65 Å². The van der Waals surface area contributed by atoms with Crippen LogP contribution in [0.2, 0.25) is 10.0 Å². The number of likely N-dealkylation sites (tertiary alicyclic amines) is 1. The molecule has 3 rings (SSSR count). The highest BCUT2D eigenvalue weighted by molar-refractivity contribution is 7.71. The van der Waals surface area contributed by atoms with Gasteiger partial charge in [-0.15, -0.1) is 5.10 Å². The average molecular weight is 389 g/mol. The number of hydrogen-bond donors (Lipinski definition) is 0. The van der Waals surface area contributed by atoms with Crippen LogP contribution in [0, 0.1) is 10.7 Å². The van der Waals surface area contributed by atoms with Crippen molar-refractivity contribution >= 4 is 47.0 Å². The molecule has 0 aliphatic carbocycles. The van der Waals surface area contributed by atoms with E-state index in [0.29, 0.717) is 33.7 Å². The minimum Gasteiger partial charge on any atom is -0.466 e. The Labute approximate surface area is 154 Å². The lowest BCUT2D eigenvalue weighted by atomic mass is 9.97. The van der Waals surface area contributed by atoms with E-state index in [1.807, 2.05) is 6.92 Å². The van der Waals surface area contributed by atoms with Gasteiger partial charge in [0, 0.05) is 19.3 Å². The van der Waals surface area contributed by atoms with E-state index in [4.69, 9.17) is 40.2 Å². The van der Waals surface area contributed by atoms with Crippen LogP contribution in [0.5, 0.6) is 0 Å². The standard InChI is InChI=1S/C15H18Cl2N4O2S/c1-2-23-14(22)10-3-5-19(6-4-10)9-21-15(24)20-8-11(16)7-12(17)13(20)18-21/h7-8,10H,2-6,9H2,1H3. The minimum absolute atomic E-state index is 0.0107. The van der Waals surface area contributed by atoms with Crippen LogP contribution in [0.3, 0.4) is 0 Å². The zero-order chi connectivity index (χ0) is 17.3. The quantitative estimate of drug-likeness (QED) is 0.593. The molecule has 24 heavy (non-hydrogen) atoms. The van der Waals surface area contributed by atoms with Crippen molar-refractivity contribution in [1.29, 1.82) is 0 Å². The van der Waals surface area contributed by atoms with Crippen molar-refractivity contribution < 1.29 is 9.53 Å². The SMILES string of the molecule is CCOC(=O)C1CCN(Cn2nc3c(Cl)cc(Cl)cn3c2=S)CC1. The van der Waals surface area contributed by atoms with Crippen LogP contribution in [0.4, 0.5) is 0 Å². The lowest BCUT2D eigenvalue weighted by Crippen LogP contribution is -2.38. The average Bonchev–Trinajstić information content (AvgIpc) is 2.85. The van der Waals surface area contributed by atoms with Crippen LogP contribution in [0.15, 0.2) is 12.3 Å². The molecule has 0 spiro atoms. The summed E-state index contributed by atoms with van der Waals surface area (Å²) in [5, 5.41) is 5.46. The number of carbonyl (C=O) groups excluding carboxylic acids is 1. The van der Waals surface area contributed by atoms with Gasteiger partial charge in [0.1, 0.15) is 0 Å². The van der Waals surface area contributed by atoms with Crippen LogP contribution in [-0.2, 0) is 16.2 Å². The molecule has 2 aromatic rings. The van der Waals surface area contributed by atoms with Crippen molar-refractivity contribution in [3.63, 3.8) is 0 Å². The molecule has 1 aliphatic heterocycles. The van der Waals surface area contributed by atoms with Crippen LogP contribution < -0.4 is 0 Å². The van der Waals surface area contributed by atoms with Gasteiger partial charge in [-0.2, -0.15) is 0 Å². The molecule has 130 valence electrons. The van der Waals surface area contributed by atoms with Crippen LogP contribution in [0.1, 0.15) is 19.8 Å². The lowest BCUT2D eigenvalue weighted by molar-refractivity contribution is -0.149. The summed E-state index contributed by atoms with van der Waals surface area (Å²) in [7, 11) is 0. The van der Waals surface area contributed by atoms with Crippen LogP contribution in [0.25, 0.3) is 5.65 Å². The highest BCUT2D eigenvalue weighted by Gasteiger charge is 2.26. The molecule has 0 saturated carbocycles. The van der Waals surface area contributed by atoms with Gasteiger partial charge in [0.25, 0.3) is 0 Å². The van der Waals surface area contributed by atoms with Crippen molar-refractivity contribution in [2.45, 2.75) is 26.4 Å². The summed E-state index contributed by atoms with van der Waals surface area (Å²) in [4.78, 5) is 14.0. The third kappa shape index (κ3) is 3.59. The number of fused-ring (bicyclic) bond motifs is 1. The van der Waals surface area contributed by atoms with Crippen LogP contribution in [-0.4, -0.2) is 44.7 Å². The van der Waals surface area contributed by atoms with Gasteiger partial charge in [-0.3, -0.25) is 14.1 Å². The molecule has 9 heteroatoms. The number of aromatic nitrogens is 3. The number of ether oxygens (including phenoxy) is 1. The first-order valence-electron chi connectivity index (χ1n) is 7.82. The van der Waals surface area contributed by atoms with Gasteiger partial charge in [0.05, 0.1) is 29.2 Å². The molecule has 0 N–H and O–H groups in total. The molecule has 2 aromatic heterocycles. The largest absolute Gasteiger partial charge is 0.466 e. The van der Waals surface area contributed by atoms with E-state index in [-0.39, 0.29) is 11.9 Å². The molecule has 3 heterocycles. The Bertz CT molecular complexity index is 812. The van der Waals surface area contributed by atoms with E-state index in [1.165, 1.54) is 0 Å². The molecule has 1 fully saturated rings. The maximum absolute atomic E-state index is 11.8. The predicted molar refractivity (Wildman–Crippen MR) is 95.0 cm³/mol. The van der Waals surface area contributed by atoms with Gasteiger partial charge in [-0.1, -0.05) is 23.2 Å². The van der Waals surface area contributed by atoms with Gasteiger partial charge >= 0.3 is 5.97 Å². The van der Waals surface area contributed by atoms with Crippen molar-refractivity contribution in [2.24, 2.45) is 5.92 Å². The van der Waals surface area contributed by atoms with Gasteiger partial charge < -0.3 is 4.74 Å². The Balaban J connectivity index is 1.71. The van der Waals surface area contributed by atoms with E-state index in [9.17, 15) is 4.79 Å². The number of hydrogen-bond acceptors (Lipinski definition) is 5. The summed E-state index contributed by atoms with van der Waals surface area (Å²) in [6.07, 6.45) is 3.28. The second-order valence-corrected chi connectivity index (χ2v) is 6.98. The molecule has 1 aliphatic rings. The Morgan fingerprint density at radius 3 is 2.79 bits per heavy atom. The van der Waals surface area contributed by atoms with Crippen LogP contribution >= 0.6 is 35.4 Å². The Morgan fingerprint density at radius 1 is 1.42 bits per heavy atom. The normalized spacial score (nSPS) is 16.6. The zero-order valence-corrected chi connectivity index (χ0v) is 15.6. The Morgan fingerprint density at radius 2 is 2.12 bits per heavy atom. The summed E-state index contributed by atoms with van der Waals surface area (Å²) < 4.78 is 9.09. The monoisotopic (exact) mass is 388 g/mol. The maximum Gasteiger partial charge on any atom is 0.309 e. The molecule has 0 bridgehead atoms. The summed E-state index contributed by atoms with van der Waals surface area (Å²) in [6.45, 7) is 4.42. The van der Waals surface area contributed by atoms with E-state index < -0.39 is 0 Å². The number of esters is 1. The fourth-order valence-electron chi connectivity index (χ4n) is 2.90. The molecule has 0 radical (unpaired) electrons. The van der Waals surface area contributed by atoms with E-state index in [1.54, 1.807) is 21.3 Å². The molecule has 1 saturated heterocycles. The molecule has 0 amide bonds. The number of carbonyl (C=O) groups is 1. The molecular weight excluding hydrogens is 371 g/mol. The highest BCUT2D eigenvalue weighted by atomic mass is 35.5. The number of pyridine rings is 1. The topological polar surface area (TPSA) is 51.8 Å². The van der Waals surface area contributed by atoms with E-state index >= 15 is 0 Å². The molecular formula is C15H18Cl2N4O2S. The smallest absolute Gasteiger partial charge is 0.309 e. The first-order valence-corrected chi connectivity index (χ1v) is 8.99. The highest BCUT2D eigenvalue weighted by Crippen LogP contribution is 2.22. The number of nitrogens with zero attached hydrogens (tertiary/aromatic N) is 4. The minimum atomic E-state index is -0.0945. The van der Waals surface area contributed by atoms with Gasteiger partial charge in [-0.25, -0.2) is 4.68 Å². The van der Waals surface area contributed by atoms with Crippen molar-refractivity contribution in [2.75, 3.05) is 19.7 Å². The predicted octanol–water partition coefficient (Wildman–Crippen LogP) is 3.40. The summed E-state index contributed by atoms with van der Waals surface area (Å²) in [5.41, 5.74) is 0.590. The van der Waals surface area contributed by atoms with E-state index in [2.05, 4.69) is 10.00 Å². The zero-order valence-electron chi connectivity index (χ0n) is 13.2. The number of halogens is 2. The summed E-state index contributed by atoms with van der Waals surface area (Å²) >= 11 is 17.7. The second-order valence-electron chi connectivity index (χ2n) is 5.77. The van der Waals surface area contributed by atoms with E-state index in [0.717, 1.165) is 25.9 Å². The Hall–Kier alpha value is -1.15. The number of rotatable bonds is 4. The molecule has 0 aromatic carbocycles. The van der Waals surface area contributed by atoms with Gasteiger partial charge in [0.2, 0.25) is 4.77 Å². The van der Waals surface area contributed by atoms with Crippen molar-refractivity contribution in [3.8, 4) is 0 Å². The molecule has 0 atom stereocenters. The van der Waals surface area contributed by atoms with Crippen molar-refractivity contribution in [3.05, 3.63) is 27.1 Å². The molecule has 6 nitrogen and oxygen atoms in total. The van der Waals surface area contributed by atoms with Gasteiger partial charge in [-0.05, 0) is 38.0 Å². The summed E-state index contributed by atoms with van der Waals surface area (Å²) in [6, 6.07) is 1.65. The second kappa shape index (κ2) is 7.39. The summed E-state index contributed by atoms with van der Waals surface area (Å²) in [5.74, 6) is -0.105. The fraction of sp³-hybridized carbons (Fsp3) is 0.533. The molecule has 0 unspecified atom stereocenters. The number of piperidine rings is 1. The maximum atomic E-state index is 11.8. The first kappa shape index (κ1) is 17.7.